The molecule has 0 amide bonds. The maximum absolute atomic E-state index is 8.80. The average molecular weight is 211 g/mol. The SMILES string of the molecule is OCCCCN(CC1CCCC1)C1CC1. The van der Waals surface area contributed by atoms with Crippen LogP contribution in [0, 0.1) is 5.92 Å². The molecule has 2 rings (SSSR count). The third kappa shape index (κ3) is 3.76. The van der Waals surface area contributed by atoms with Crippen LogP contribution in [0.5, 0.6) is 0 Å². The maximum atomic E-state index is 8.80. The fourth-order valence-electron chi connectivity index (χ4n) is 2.81. The molecule has 2 nitrogen and oxygen atoms in total. The van der Waals surface area contributed by atoms with Gasteiger partial charge in [-0.15, -0.1) is 0 Å². The predicted octanol–water partition coefficient (Wildman–Crippen LogP) is 2.41. The van der Waals surface area contributed by atoms with Gasteiger partial charge in [0.1, 0.15) is 0 Å². The third-order valence-corrected chi connectivity index (χ3v) is 3.88. The summed E-state index contributed by atoms with van der Waals surface area (Å²) in [5.41, 5.74) is 0. The van der Waals surface area contributed by atoms with Gasteiger partial charge in [-0.1, -0.05) is 12.8 Å². The van der Waals surface area contributed by atoms with Crippen LogP contribution in [0.2, 0.25) is 0 Å². The zero-order valence-electron chi connectivity index (χ0n) is 9.83. The molecule has 2 aliphatic carbocycles. The number of unbranched alkanes of at least 4 members (excludes halogenated alkanes) is 1. The molecule has 1 N–H and O–H groups in total. The van der Waals surface area contributed by atoms with Crippen LogP contribution in [0.15, 0.2) is 0 Å². The van der Waals surface area contributed by atoms with Crippen LogP contribution in [-0.2, 0) is 0 Å². The van der Waals surface area contributed by atoms with Crippen LogP contribution in [0.25, 0.3) is 0 Å². The number of aliphatic hydroxyl groups excluding tert-OH is 1. The summed E-state index contributed by atoms with van der Waals surface area (Å²) < 4.78 is 0. The lowest BCUT2D eigenvalue weighted by Crippen LogP contribution is -2.31. The fraction of sp³-hybridized carbons (Fsp3) is 1.00. The molecule has 0 heterocycles. The molecule has 0 radical (unpaired) electrons. The van der Waals surface area contributed by atoms with Crippen molar-refractivity contribution in [1.29, 1.82) is 0 Å². The minimum absolute atomic E-state index is 0.363. The normalized spacial score (nSPS) is 22.8. The highest BCUT2D eigenvalue weighted by atomic mass is 16.2. The molecule has 0 unspecified atom stereocenters. The lowest BCUT2D eigenvalue weighted by atomic mass is 10.1. The fourth-order valence-corrected chi connectivity index (χ4v) is 2.81. The predicted molar refractivity (Wildman–Crippen MR) is 62.9 cm³/mol. The van der Waals surface area contributed by atoms with E-state index in [1.165, 1.54) is 58.0 Å². The summed E-state index contributed by atoms with van der Waals surface area (Å²) in [6.07, 6.45) is 10.8. The molecule has 0 atom stereocenters. The Balaban J connectivity index is 1.68. The van der Waals surface area contributed by atoms with E-state index in [4.69, 9.17) is 5.11 Å². The topological polar surface area (TPSA) is 23.5 Å². The molecule has 0 spiro atoms. The van der Waals surface area contributed by atoms with Crippen molar-refractivity contribution in [2.24, 2.45) is 5.92 Å². The zero-order chi connectivity index (χ0) is 10.5. The van der Waals surface area contributed by atoms with E-state index < -0.39 is 0 Å². The van der Waals surface area contributed by atoms with E-state index in [1.54, 1.807) is 0 Å². The molecule has 2 fully saturated rings. The number of nitrogens with zero attached hydrogens (tertiary/aromatic N) is 1. The molecule has 2 heteroatoms. The van der Waals surface area contributed by atoms with Gasteiger partial charge >= 0.3 is 0 Å². The van der Waals surface area contributed by atoms with Crippen LogP contribution in [-0.4, -0.2) is 35.7 Å². The van der Waals surface area contributed by atoms with E-state index in [2.05, 4.69) is 4.90 Å². The largest absolute Gasteiger partial charge is 0.396 e. The van der Waals surface area contributed by atoms with Crippen molar-refractivity contribution in [3.8, 4) is 0 Å². The highest BCUT2D eigenvalue weighted by Crippen LogP contribution is 2.31. The van der Waals surface area contributed by atoms with Gasteiger partial charge in [0, 0.05) is 19.2 Å². The Morgan fingerprint density at radius 1 is 1.00 bits per heavy atom. The Labute approximate surface area is 93.7 Å². The minimum Gasteiger partial charge on any atom is -0.396 e. The first-order chi connectivity index (χ1) is 7.40. The van der Waals surface area contributed by atoms with E-state index in [-0.39, 0.29) is 0 Å². The van der Waals surface area contributed by atoms with Gasteiger partial charge in [-0.2, -0.15) is 0 Å². The lowest BCUT2D eigenvalue weighted by molar-refractivity contribution is 0.207. The molecule has 0 saturated heterocycles. The highest BCUT2D eigenvalue weighted by Gasteiger charge is 2.30. The van der Waals surface area contributed by atoms with Gasteiger partial charge in [0.2, 0.25) is 0 Å². The smallest absolute Gasteiger partial charge is 0.0431 e. The summed E-state index contributed by atoms with van der Waals surface area (Å²) in [5.74, 6) is 0.986. The first-order valence-electron chi connectivity index (χ1n) is 6.75. The highest BCUT2D eigenvalue weighted by molar-refractivity contribution is 4.86. The standard InChI is InChI=1S/C13H25NO/c15-10-4-3-9-14(13-7-8-13)11-12-5-1-2-6-12/h12-13,15H,1-11H2. The molecular formula is C13H25NO. The second-order valence-corrected chi connectivity index (χ2v) is 5.31. The molecule has 0 bridgehead atoms. The summed E-state index contributed by atoms with van der Waals surface area (Å²) in [4.78, 5) is 2.70. The van der Waals surface area contributed by atoms with Crippen molar-refractivity contribution >= 4 is 0 Å². The van der Waals surface area contributed by atoms with E-state index in [0.717, 1.165) is 18.4 Å². The second-order valence-electron chi connectivity index (χ2n) is 5.31. The Morgan fingerprint density at radius 3 is 2.33 bits per heavy atom. The Bertz CT molecular complexity index is 173. The van der Waals surface area contributed by atoms with Gasteiger partial charge in [-0.3, -0.25) is 0 Å². The van der Waals surface area contributed by atoms with Crippen LogP contribution in [0.4, 0.5) is 0 Å². The van der Waals surface area contributed by atoms with Gasteiger partial charge in [0.15, 0.2) is 0 Å². The Morgan fingerprint density at radius 2 is 1.73 bits per heavy atom. The zero-order valence-corrected chi connectivity index (χ0v) is 9.83. The molecule has 2 saturated carbocycles. The minimum atomic E-state index is 0.363. The van der Waals surface area contributed by atoms with E-state index in [1.807, 2.05) is 0 Å². The first-order valence-corrected chi connectivity index (χ1v) is 6.75. The summed E-state index contributed by atoms with van der Waals surface area (Å²) >= 11 is 0. The third-order valence-electron chi connectivity index (χ3n) is 3.88. The molecule has 0 aromatic heterocycles. The lowest BCUT2D eigenvalue weighted by Gasteiger charge is -2.25. The molecule has 2 aliphatic rings. The second kappa shape index (κ2) is 5.86. The van der Waals surface area contributed by atoms with Gasteiger partial charge in [-0.05, 0) is 51.0 Å². The van der Waals surface area contributed by atoms with Gasteiger partial charge < -0.3 is 10.0 Å². The van der Waals surface area contributed by atoms with E-state index >= 15 is 0 Å². The molecule has 0 aromatic rings. The average Bonchev–Trinajstić information content (AvgIpc) is 2.97. The van der Waals surface area contributed by atoms with E-state index in [0.29, 0.717) is 6.61 Å². The summed E-state index contributed by atoms with van der Waals surface area (Å²) in [6.45, 7) is 2.93. The van der Waals surface area contributed by atoms with Crippen molar-refractivity contribution in [2.45, 2.75) is 57.4 Å². The molecule has 0 aromatic carbocycles. The molecule has 15 heavy (non-hydrogen) atoms. The summed E-state index contributed by atoms with van der Waals surface area (Å²) in [6, 6.07) is 0.907. The Hall–Kier alpha value is -0.0800. The van der Waals surface area contributed by atoms with Gasteiger partial charge in [0.25, 0.3) is 0 Å². The number of hydrogen-bond acceptors (Lipinski definition) is 2. The van der Waals surface area contributed by atoms with Gasteiger partial charge in [-0.25, -0.2) is 0 Å². The molecule has 0 aliphatic heterocycles. The van der Waals surface area contributed by atoms with Crippen molar-refractivity contribution < 1.29 is 5.11 Å². The molecular weight excluding hydrogens is 186 g/mol. The monoisotopic (exact) mass is 211 g/mol. The summed E-state index contributed by atoms with van der Waals surface area (Å²) in [7, 11) is 0. The number of hydrogen-bond donors (Lipinski definition) is 1. The van der Waals surface area contributed by atoms with Crippen molar-refractivity contribution in [3.05, 3.63) is 0 Å². The number of aliphatic hydroxyl groups is 1. The Kier molecular flexibility index (Phi) is 4.45. The van der Waals surface area contributed by atoms with Gasteiger partial charge in [0.05, 0.1) is 0 Å². The van der Waals surface area contributed by atoms with Crippen LogP contribution < -0.4 is 0 Å². The van der Waals surface area contributed by atoms with Crippen molar-refractivity contribution in [3.63, 3.8) is 0 Å². The van der Waals surface area contributed by atoms with Crippen LogP contribution in [0.1, 0.15) is 51.4 Å². The van der Waals surface area contributed by atoms with Crippen LogP contribution in [0.3, 0.4) is 0 Å². The maximum Gasteiger partial charge on any atom is 0.0431 e. The quantitative estimate of drug-likeness (QED) is 0.654. The first kappa shape index (κ1) is 11.4. The molecule has 88 valence electrons. The number of rotatable bonds is 7. The van der Waals surface area contributed by atoms with Crippen molar-refractivity contribution in [1.82, 2.24) is 4.90 Å². The summed E-state index contributed by atoms with van der Waals surface area (Å²) in [5, 5.41) is 8.80. The van der Waals surface area contributed by atoms with Crippen molar-refractivity contribution in [2.75, 3.05) is 19.7 Å². The van der Waals surface area contributed by atoms with Crippen LogP contribution >= 0.6 is 0 Å². The van der Waals surface area contributed by atoms with E-state index in [9.17, 15) is 0 Å².